The van der Waals surface area contributed by atoms with Crippen LogP contribution < -0.4 is 4.90 Å². The summed E-state index contributed by atoms with van der Waals surface area (Å²) >= 11 is 2.70. The molecule has 0 N–H and O–H groups in total. The van der Waals surface area contributed by atoms with Gasteiger partial charge in [0.05, 0.1) is 12.3 Å². The quantitative estimate of drug-likeness (QED) is 0.323. The van der Waals surface area contributed by atoms with Crippen LogP contribution in [0.15, 0.2) is 34.8 Å². The lowest BCUT2D eigenvalue weighted by molar-refractivity contribution is 0.579. The van der Waals surface area contributed by atoms with E-state index >= 15 is 0 Å². The van der Waals surface area contributed by atoms with Gasteiger partial charge in [-0.05, 0) is 42.9 Å². The number of hydrogen-bond acceptors (Lipinski definition) is 8. The average molecular weight is 426 g/mol. The van der Waals surface area contributed by atoms with Crippen LogP contribution in [-0.2, 0) is 5.41 Å². The summed E-state index contributed by atoms with van der Waals surface area (Å²) in [5.41, 5.74) is 2.65. The number of pyridine rings is 1. The molecule has 3 heterocycles. The summed E-state index contributed by atoms with van der Waals surface area (Å²) in [5, 5.41) is 11.0. The fourth-order valence-electron chi connectivity index (χ4n) is 2.72. The molecule has 0 saturated heterocycles. The summed E-state index contributed by atoms with van der Waals surface area (Å²) in [6.07, 6.45) is 3.50. The highest BCUT2D eigenvalue weighted by Gasteiger charge is 2.25. The van der Waals surface area contributed by atoms with E-state index in [4.69, 9.17) is 11.6 Å². The second kappa shape index (κ2) is 8.76. The van der Waals surface area contributed by atoms with E-state index in [1.165, 1.54) is 22.9 Å². The molecule has 0 amide bonds. The third-order valence-corrected chi connectivity index (χ3v) is 5.99. The Bertz CT molecular complexity index is 1040. The summed E-state index contributed by atoms with van der Waals surface area (Å²) in [7, 11) is 0. The van der Waals surface area contributed by atoms with Crippen LogP contribution >= 0.6 is 22.9 Å². The lowest BCUT2D eigenvalue weighted by Crippen LogP contribution is -2.21. The van der Waals surface area contributed by atoms with E-state index in [0.717, 1.165) is 35.2 Å². The second-order valence-electron chi connectivity index (χ2n) is 7.31. The largest absolute Gasteiger partial charge is 0.349 e. The first-order chi connectivity index (χ1) is 13.9. The van der Waals surface area contributed by atoms with E-state index in [1.807, 2.05) is 32.9 Å². The molecule has 3 aromatic rings. The van der Waals surface area contributed by atoms with Gasteiger partial charge in [-0.2, -0.15) is 0 Å². The van der Waals surface area contributed by atoms with Crippen molar-refractivity contribution in [3.05, 3.63) is 41.6 Å². The maximum Gasteiger partial charge on any atom is 0.248 e. The van der Waals surface area contributed by atoms with Crippen LogP contribution in [0.4, 0.5) is 20.8 Å². The Hall–Kier alpha value is -2.70. The summed E-state index contributed by atoms with van der Waals surface area (Å²) in [5.74, 6) is 0. The van der Waals surface area contributed by atoms with Gasteiger partial charge in [0.25, 0.3) is 0 Å². The Kier molecular flexibility index (Phi) is 6.35. The zero-order valence-electron chi connectivity index (χ0n) is 17.2. The molecule has 3 aromatic heterocycles. The molecule has 0 spiro atoms. The second-order valence-corrected chi connectivity index (χ2v) is 9.02. The molecule has 0 aliphatic rings. The number of rotatable bonds is 6. The van der Waals surface area contributed by atoms with Gasteiger partial charge in [-0.3, -0.25) is 4.98 Å². The van der Waals surface area contributed by atoms with E-state index in [9.17, 15) is 0 Å². The Balaban J connectivity index is 2.05. The number of aromatic nitrogens is 3. The first-order valence-electron chi connectivity index (χ1n) is 9.34. The van der Waals surface area contributed by atoms with E-state index in [-0.39, 0.29) is 5.41 Å². The predicted octanol–water partition coefficient (Wildman–Crippen LogP) is 6.77. The lowest BCUT2D eigenvalue weighted by Gasteiger charge is -2.16. The molecule has 0 fully saturated rings. The minimum Gasteiger partial charge on any atom is -0.349 e. The minimum absolute atomic E-state index is 0.217. The van der Waals surface area contributed by atoms with Crippen molar-refractivity contribution in [2.75, 3.05) is 18.0 Å². The molecule has 0 aliphatic carbocycles. The number of hydrogen-bond donors (Lipinski definition) is 0. The fourth-order valence-corrected chi connectivity index (χ4v) is 4.60. The zero-order valence-corrected chi connectivity index (χ0v) is 18.8. The molecule has 0 atom stereocenters. The van der Waals surface area contributed by atoms with Gasteiger partial charge in [-0.25, -0.2) is 14.2 Å². The first-order valence-corrected chi connectivity index (χ1v) is 10.9. The monoisotopic (exact) mass is 425 g/mol. The molecule has 0 aliphatic heterocycles. The van der Waals surface area contributed by atoms with Gasteiger partial charge in [0, 0.05) is 31.0 Å². The van der Waals surface area contributed by atoms with Crippen molar-refractivity contribution in [2.45, 2.75) is 40.0 Å². The van der Waals surface area contributed by atoms with Crippen molar-refractivity contribution in [3.63, 3.8) is 0 Å². The van der Waals surface area contributed by atoms with Gasteiger partial charge < -0.3 is 4.90 Å². The third kappa shape index (κ3) is 4.49. The van der Waals surface area contributed by atoms with Gasteiger partial charge in [-0.1, -0.05) is 32.1 Å². The van der Waals surface area contributed by atoms with Gasteiger partial charge in [0.15, 0.2) is 15.1 Å². The topological polar surface area (TPSA) is 71.0 Å². The van der Waals surface area contributed by atoms with Crippen LogP contribution in [0.1, 0.15) is 40.3 Å². The molecule has 150 valence electrons. The van der Waals surface area contributed by atoms with Gasteiger partial charge >= 0.3 is 0 Å². The summed E-state index contributed by atoms with van der Waals surface area (Å²) in [6.45, 7) is 19.6. The molecular weight excluding hydrogens is 402 g/mol. The molecule has 0 saturated carbocycles. The number of thiazole rings is 1. The molecule has 0 unspecified atom stereocenters. The van der Waals surface area contributed by atoms with E-state index < -0.39 is 0 Å². The smallest absolute Gasteiger partial charge is 0.248 e. The Morgan fingerprint density at radius 1 is 1.17 bits per heavy atom. The van der Waals surface area contributed by atoms with Crippen LogP contribution in [0.25, 0.3) is 16.1 Å². The summed E-state index contributed by atoms with van der Waals surface area (Å²) < 4.78 is 4.45. The standard InChI is InChI=1S/C20H23N7S2/c1-7-27(8-2)19-23-14(13-10-9-11-22-12-13)17(28-19)24-25-18-15(21-6)16(26-29-18)20(3,4)5/h9-12H,7-8H2,1-5H3. The van der Waals surface area contributed by atoms with E-state index in [1.54, 1.807) is 12.4 Å². The van der Waals surface area contributed by atoms with Crippen LogP contribution in [-0.4, -0.2) is 27.4 Å². The average Bonchev–Trinajstić information content (AvgIpc) is 3.32. The first kappa shape index (κ1) is 21.0. The highest BCUT2D eigenvalue weighted by Crippen LogP contribution is 2.44. The third-order valence-electron chi connectivity index (χ3n) is 4.27. The van der Waals surface area contributed by atoms with Gasteiger partial charge in [0.1, 0.15) is 5.69 Å². The Morgan fingerprint density at radius 2 is 1.90 bits per heavy atom. The van der Waals surface area contributed by atoms with Crippen molar-refractivity contribution in [2.24, 2.45) is 10.2 Å². The predicted molar refractivity (Wildman–Crippen MR) is 120 cm³/mol. The normalized spacial score (nSPS) is 11.7. The lowest BCUT2D eigenvalue weighted by atomic mass is 9.91. The summed E-state index contributed by atoms with van der Waals surface area (Å²) in [4.78, 5) is 14.8. The molecule has 3 rings (SSSR count). The van der Waals surface area contributed by atoms with Crippen molar-refractivity contribution >= 4 is 43.7 Å². The van der Waals surface area contributed by atoms with Crippen LogP contribution in [0.2, 0.25) is 0 Å². The molecule has 0 bridgehead atoms. The van der Waals surface area contributed by atoms with Crippen molar-refractivity contribution in [1.82, 2.24) is 14.3 Å². The maximum absolute atomic E-state index is 7.56. The van der Waals surface area contributed by atoms with Crippen molar-refractivity contribution in [1.29, 1.82) is 0 Å². The fraction of sp³-hybridized carbons (Fsp3) is 0.400. The Morgan fingerprint density at radius 3 is 2.48 bits per heavy atom. The van der Waals surface area contributed by atoms with Crippen LogP contribution in [0.5, 0.6) is 0 Å². The molecule has 9 heteroatoms. The molecular formula is C20H23N7S2. The van der Waals surface area contributed by atoms with E-state index in [0.29, 0.717) is 15.7 Å². The highest BCUT2D eigenvalue weighted by molar-refractivity contribution is 7.19. The van der Waals surface area contributed by atoms with Gasteiger partial charge in [0.2, 0.25) is 5.69 Å². The molecule has 29 heavy (non-hydrogen) atoms. The van der Waals surface area contributed by atoms with E-state index in [2.05, 4.69) is 43.2 Å². The number of nitrogens with zero attached hydrogens (tertiary/aromatic N) is 7. The number of azo groups is 1. The zero-order chi connectivity index (χ0) is 21.0. The van der Waals surface area contributed by atoms with Crippen LogP contribution in [0, 0.1) is 6.57 Å². The minimum atomic E-state index is -0.217. The van der Waals surface area contributed by atoms with Crippen LogP contribution in [0.3, 0.4) is 0 Å². The molecule has 7 nitrogen and oxygen atoms in total. The van der Waals surface area contributed by atoms with Crippen molar-refractivity contribution in [3.8, 4) is 11.3 Å². The van der Waals surface area contributed by atoms with Gasteiger partial charge in [-0.15, -0.1) is 10.2 Å². The Labute approximate surface area is 179 Å². The SMILES string of the molecule is [C-]#[N+]c1c(C(C)(C)C)nsc1N=Nc1sc(N(CC)CC)nc1-c1cccnc1. The molecule has 0 radical (unpaired) electrons. The highest BCUT2D eigenvalue weighted by atomic mass is 32.1. The number of anilines is 1. The van der Waals surface area contributed by atoms with Crippen molar-refractivity contribution < 1.29 is 0 Å². The summed E-state index contributed by atoms with van der Waals surface area (Å²) in [6, 6.07) is 3.84. The molecule has 0 aromatic carbocycles. The maximum atomic E-state index is 7.56.